The Morgan fingerprint density at radius 1 is 1.12 bits per heavy atom. The molecule has 78 valence electrons. The zero-order chi connectivity index (χ0) is 11.1. The standard InChI is InChI=1S/C13H9NOS/c1-8-2-5-12-11(6-8)14-10-4-3-9(15)7-13(10)16-12/h2-7H,1H3. The molecule has 0 atom stereocenters. The van der Waals surface area contributed by atoms with Crippen LogP contribution in [0.3, 0.4) is 0 Å². The molecule has 1 aromatic rings. The van der Waals surface area contributed by atoms with Crippen molar-refractivity contribution in [3.63, 3.8) is 0 Å². The third kappa shape index (κ3) is 1.49. The second kappa shape index (κ2) is 3.39. The van der Waals surface area contributed by atoms with E-state index in [1.807, 2.05) is 0 Å². The molecule has 0 saturated heterocycles. The molecule has 0 N–H and O–H groups in total. The fourth-order valence-electron chi connectivity index (χ4n) is 1.72. The monoisotopic (exact) mass is 227 g/mol. The average Bonchev–Trinajstić information content (AvgIpc) is 2.26. The van der Waals surface area contributed by atoms with Crippen molar-refractivity contribution in [3.05, 3.63) is 52.2 Å². The maximum Gasteiger partial charge on any atom is 0.180 e. The molecule has 3 heteroatoms. The number of nitrogens with zero attached hydrogens (tertiary/aromatic N) is 1. The molecule has 0 radical (unpaired) electrons. The van der Waals surface area contributed by atoms with Crippen LogP contribution in [0.25, 0.3) is 20.8 Å². The van der Waals surface area contributed by atoms with Gasteiger partial charge in [0.15, 0.2) is 5.43 Å². The first-order chi connectivity index (χ1) is 7.72. The summed E-state index contributed by atoms with van der Waals surface area (Å²) >= 11 is 1.61. The van der Waals surface area contributed by atoms with Crippen LogP contribution in [0.2, 0.25) is 0 Å². The number of hydrogen-bond acceptors (Lipinski definition) is 3. The van der Waals surface area contributed by atoms with E-state index in [0.29, 0.717) is 0 Å². The fourth-order valence-corrected chi connectivity index (χ4v) is 2.69. The van der Waals surface area contributed by atoms with Crippen LogP contribution in [0, 0.1) is 6.92 Å². The highest BCUT2D eigenvalue weighted by Gasteiger charge is 2.06. The Labute approximate surface area is 96.5 Å². The van der Waals surface area contributed by atoms with Crippen molar-refractivity contribution in [2.45, 2.75) is 6.92 Å². The van der Waals surface area contributed by atoms with Crippen LogP contribution in [-0.2, 0) is 0 Å². The minimum atomic E-state index is 0.0389. The van der Waals surface area contributed by atoms with Gasteiger partial charge in [-0.25, -0.2) is 4.98 Å². The summed E-state index contributed by atoms with van der Waals surface area (Å²) in [6, 6.07) is 11.2. The Morgan fingerprint density at radius 2 is 2.00 bits per heavy atom. The molecule has 1 aromatic carbocycles. The molecular weight excluding hydrogens is 218 g/mol. The second-order valence-corrected chi connectivity index (χ2v) is 4.90. The summed E-state index contributed by atoms with van der Waals surface area (Å²) in [6.07, 6.45) is 0. The molecule has 0 bridgehead atoms. The van der Waals surface area contributed by atoms with E-state index in [1.165, 1.54) is 5.56 Å². The average molecular weight is 227 g/mol. The van der Waals surface area contributed by atoms with Crippen molar-refractivity contribution >= 4 is 21.6 Å². The zero-order valence-corrected chi connectivity index (χ0v) is 9.54. The number of aromatic nitrogens is 1. The maximum absolute atomic E-state index is 11.3. The summed E-state index contributed by atoms with van der Waals surface area (Å²) in [6.45, 7) is 2.05. The smallest absolute Gasteiger partial charge is 0.180 e. The van der Waals surface area contributed by atoms with Crippen molar-refractivity contribution in [1.29, 1.82) is 0 Å². The topological polar surface area (TPSA) is 30.0 Å². The highest BCUT2D eigenvalue weighted by atomic mass is 32.1. The van der Waals surface area contributed by atoms with Gasteiger partial charge in [-0.2, -0.15) is 0 Å². The molecule has 0 aromatic heterocycles. The number of hydrogen-bond donors (Lipinski definition) is 0. The van der Waals surface area contributed by atoms with Gasteiger partial charge < -0.3 is 0 Å². The first-order valence-corrected chi connectivity index (χ1v) is 5.85. The Kier molecular flexibility index (Phi) is 2.01. The lowest BCUT2D eigenvalue weighted by atomic mass is 10.2. The van der Waals surface area contributed by atoms with Crippen LogP contribution in [0.4, 0.5) is 0 Å². The fraction of sp³-hybridized carbons (Fsp3) is 0.0769. The molecule has 2 nitrogen and oxygen atoms in total. The van der Waals surface area contributed by atoms with Gasteiger partial charge in [0.25, 0.3) is 0 Å². The number of rotatable bonds is 0. The number of aryl methyl sites for hydroxylation is 1. The van der Waals surface area contributed by atoms with E-state index >= 15 is 0 Å². The Morgan fingerprint density at radius 3 is 2.88 bits per heavy atom. The maximum atomic E-state index is 11.3. The van der Waals surface area contributed by atoms with Gasteiger partial charge in [0.2, 0.25) is 0 Å². The highest BCUT2D eigenvalue weighted by Crippen LogP contribution is 2.29. The molecule has 0 saturated carbocycles. The summed E-state index contributed by atoms with van der Waals surface area (Å²) in [5, 5.41) is 0. The largest absolute Gasteiger partial charge is 0.290 e. The van der Waals surface area contributed by atoms with Gasteiger partial charge in [0.05, 0.1) is 20.8 Å². The minimum absolute atomic E-state index is 0.0389. The van der Waals surface area contributed by atoms with Crippen molar-refractivity contribution in [3.8, 4) is 10.6 Å². The Balaban J connectivity index is 2.45. The van der Waals surface area contributed by atoms with Crippen molar-refractivity contribution in [2.75, 3.05) is 0 Å². The predicted molar refractivity (Wildman–Crippen MR) is 67.2 cm³/mol. The van der Waals surface area contributed by atoms with E-state index in [1.54, 1.807) is 29.5 Å². The molecule has 0 spiro atoms. The SMILES string of the molecule is Cc1ccc2sc3cc(=O)ccc-3nc2c1. The minimum Gasteiger partial charge on any atom is -0.290 e. The van der Waals surface area contributed by atoms with Gasteiger partial charge >= 0.3 is 0 Å². The summed E-state index contributed by atoms with van der Waals surface area (Å²) < 4.78 is 1.11. The molecule has 0 unspecified atom stereocenters. The first-order valence-electron chi connectivity index (χ1n) is 5.04. The highest BCUT2D eigenvalue weighted by molar-refractivity contribution is 7.21. The lowest BCUT2D eigenvalue weighted by Crippen LogP contribution is -1.98. The Bertz CT molecular complexity index is 702. The van der Waals surface area contributed by atoms with E-state index in [9.17, 15) is 4.79 Å². The zero-order valence-electron chi connectivity index (χ0n) is 8.73. The summed E-state index contributed by atoms with van der Waals surface area (Å²) in [5.74, 6) is 0. The quantitative estimate of drug-likeness (QED) is 0.552. The van der Waals surface area contributed by atoms with E-state index in [0.717, 1.165) is 20.8 Å². The normalized spacial score (nSPS) is 11.1. The lowest BCUT2D eigenvalue weighted by Gasteiger charge is -2.05. The van der Waals surface area contributed by atoms with Gasteiger partial charge in [-0.15, -0.1) is 11.3 Å². The van der Waals surface area contributed by atoms with Crippen LogP contribution in [0.5, 0.6) is 0 Å². The van der Waals surface area contributed by atoms with E-state index < -0.39 is 0 Å². The summed E-state index contributed by atoms with van der Waals surface area (Å²) in [7, 11) is 0. The molecule has 1 aliphatic carbocycles. The van der Waals surface area contributed by atoms with Gasteiger partial charge in [-0.3, -0.25) is 4.79 Å². The molecule has 3 rings (SSSR count). The Hall–Kier alpha value is -1.74. The predicted octanol–water partition coefficient (Wildman–Crippen LogP) is 3.07. The van der Waals surface area contributed by atoms with Gasteiger partial charge in [-0.05, 0) is 36.8 Å². The van der Waals surface area contributed by atoms with Gasteiger partial charge in [0, 0.05) is 6.07 Å². The summed E-state index contributed by atoms with van der Waals surface area (Å²) in [4.78, 5) is 16.8. The molecule has 1 aliphatic heterocycles. The van der Waals surface area contributed by atoms with Crippen molar-refractivity contribution < 1.29 is 0 Å². The second-order valence-electron chi connectivity index (χ2n) is 3.81. The van der Waals surface area contributed by atoms with Crippen LogP contribution >= 0.6 is 11.3 Å². The van der Waals surface area contributed by atoms with Crippen LogP contribution < -0.4 is 5.43 Å². The summed E-state index contributed by atoms with van der Waals surface area (Å²) in [5.41, 5.74) is 3.13. The van der Waals surface area contributed by atoms with Crippen molar-refractivity contribution in [2.24, 2.45) is 0 Å². The molecular formula is C13H9NOS. The third-order valence-electron chi connectivity index (χ3n) is 2.51. The molecule has 0 fully saturated rings. The number of fused-ring (bicyclic) bond motifs is 2. The lowest BCUT2D eigenvalue weighted by molar-refractivity contribution is 1.39. The van der Waals surface area contributed by atoms with Crippen molar-refractivity contribution in [1.82, 2.24) is 4.98 Å². The van der Waals surface area contributed by atoms with E-state index in [-0.39, 0.29) is 5.43 Å². The molecule has 0 amide bonds. The van der Waals surface area contributed by atoms with Gasteiger partial charge in [-0.1, -0.05) is 6.07 Å². The molecule has 2 aliphatic rings. The third-order valence-corrected chi connectivity index (χ3v) is 3.62. The first kappa shape index (κ1) is 9.48. The van der Waals surface area contributed by atoms with Crippen LogP contribution in [0.15, 0.2) is 41.2 Å². The van der Waals surface area contributed by atoms with E-state index in [2.05, 4.69) is 30.1 Å². The molecule has 16 heavy (non-hydrogen) atoms. The van der Waals surface area contributed by atoms with Gasteiger partial charge in [0.1, 0.15) is 0 Å². The van der Waals surface area contributed by atoms with E-state index in [4.69, 9.17) is 0 Å². The molecule has 1 heterocycles. The number of benzene rings is 2. The van der Waals surface area contributed by atoms with Crippen LogP contribution in [-0.4, -0.2) is 4.98 Å². The van der Waals surface area contributed by atoms with Crippen LogP contribution in [0.1, 0.15) is 5.56 Å².